The number of rotatable bonds is 8. The zero-order chi connectivity index (χ0) is 25.8. The summed E-state index contributed by atoms with van der Waals surface area (Å²) < 4.78 is 6.17. The van der Waals surface area contributed by atoms with Gasteiger partial charge in [-0.25, -0.2) is 0 Å². The summed E-state index contributed by atoms with van der Waals surface area (Å²) in [4.78, 5) is 4.20. The summed E-state index contributed by atoms with van der Waals surface area (Å²) in [6, 6.07) is 32.3. The number of nitrogens with zero attached hydrogens (tertiary/aromatic N) is 1. The van der Waals surface area contributed by atoms with Gasteiger partial charge < -0.3 is 9.84 Å². The molecule has 6 rings (SSSR count). The van der Waals surface area contributed by atoms with E-state index < -0.39 is 5.60 Å². The standard InChI is InChI=1S/C35H37NO2/c37-34(18-17-27-8-3-1-4-9-27)19-20-35(23-28-10-5-2-6-11-28)31(24-34)14-13-30-22-32(15-16-33(30)35)38-26-29-12-7-21-36-25-29/h1-12,15-16,21-22,25,31,37H,13-14,17-20,23-24,26H2/t31-,34-,35+/m1/s1. The molecule has 2 aliphatic rings. The highest BCUT2D eigenvalue weighted by Crippen LogP contribution is 2.55. The Morgan fingerprint density at radius 1 is 0.842 bits per heavy atom. The lowest BCUT2D eigenvalue weighted by Gasteiger charge is -2.53. The van der Waals surface area contributed by atoms with Crippen molar-refractivity contribution in [2.24, 2.45) is 5.92 Å². The second kappa shape index (κ2) is 10.7. The zero-order valence-electron chi connectivity index (χ0n) is 22.1. The fourth-order valence-corrected chi connectivity index (χ4v) is 7.02. The van der Waals surface area contributed by atoms with Crippen LogP contribution in [0.15, 0.2) is 103 Å². The average Bonchev–Trinajstić information content (AvgIpc) is 2.97. The van der Waals surface area contributed by atoms with E-state index in [9.17, 15) is 5.11 Å². The van der Waals surface area contributed by atoms with E-state index >= 15 is 0 Å². The number of hydrogen-bond acceptors (Lipinski definition) is 3. The van der Waals surface area contributed by atoms with Gasteiger partial charge in [0.05, 0.1) is 5.60 Å². The largest absolute Gasteiger partial charge is 0.489 e. The van der Waals surface area contributed by atoms with Gasteiger partial charge in [0.15, 0.2) is 0 Å². The Labute approximate surface area is 226 Å². The van der Waals surface area contributed by atoms with E-state index in [0.29, 0.717) is 12.5 Å². The van der Waals surface area contributed by atoms with Crippen molar-refractivity contribution in [3.63, 3.8) is 0 Å². The maximum atomic E-state index is 11.8. The summed E-state index contributed by atoms with van der Waals surface area (Å²) in [6.07, 6.45) is 11.3. The van der Waals surface area contributed by atoms with Crippen molar-refractivity contribution in [3.05, 3.63) is 131 Å². The molecule has 3 atom stereocenters. The molecule has 1 aromatic heterocycles. The maximum absolute atomic E-state index is 11.8. The molecule has 194 valence electrons. The second-order valence-corrected chi connectivity index (χ2v) is 11.4. The number of benzene rings is 3. The average molecular weight is 504 g/mol. The van der Waals surface area contributed by atoms with Crippen molar-refractivity contribution in [2.75, 3.05) is 0 Å². The lowest BCUT2D eigenvalue weighted by atomic mass is 9.52. The molecular weight excluding hydrogens is 466 g/mol. The zero-order valence-corrected chi connectivity index (χ0v) is 22.1. The fourth-order valence-electron chi connectivity index (χ4n) is 7.02. The molecule has 0 bridgehead atoms. The predicted octanol–water partition coefficient (Wildman–Crippen LogP) is 7.25. The van der Waals surface area contributed by atoms with E-state index in [0.717, 1.165) is 62.7 Å². The summed E-state index contributed by atoms with van der Waals surface area (Å²) in [5.74, 6) is 1.39. The topological polar surface area (TPSA) is 42.4 Å². The van der Waals surface area contributed by atoms with Crippen LogP contribution in [0.5, 0.6) is 5.75 Å². The Hall–Kier alpha value is -3.43. The molecule has 38 heavy (non-hydrogen) atoms. The third kappa shape index (κ3) is 5.26. The molecule has 0 saturated heterocycles. The SMILES string of the molecule is O[C@]1(CCc2ccccc2)CC[C@@]2(Cc3ccccc3)c3ccc(OCc4cccnc4)cc3CC[C@@H]2C1. The van der Waals surface area contributed by atoms with Crippen LogP contribution in [0.1, 0.15) is 59.9 Å². The monoisotopic (exact) mass is 503 g/mol. The van der Waals surface area contributed by atoms with Crippen LogP contribution in [-0.2, 0) is 31.3 Å². The van der Waals surface area contributed by atoms with E-state index in [2.05, 4.69) is 83.8 Å². The van der Waals surface area contributed by atoms with Crippen LogP contribution in [0.4, 0.5) is 0 Å². The number of aromatic nitrogens is 1. The van der Waals surface area contributed by atoms with Crippen LogP contribution in [0.25, 0.3) is 0 Å². The molecule has 2 aliphatic carbocycles. The first-order valence-electron chi connectivity index (χ1n) is 14.1. The van der Waals surface area contributed by atoms with Crippen molar-refractivity contribution in [3.8, 4) is 5.75 Å². The molecule has 3 heteroatoms. The van der Waals surface area contributed by atoms with Crippen LogP contribution >= 0.6 is 0 Å². The van der Waals surface area contributed by atoms with Gasteiger partial charge >= 0.3 is 0 Å². The third-order valence-corrected chi connectivity index (χ3v) is 9.03. The Morgan fingerprint density at radius 3 is 2.37 bits per heavy atom. The fraction of sp³-hybridized carbons (Fsp3) is 0.343. The van der Waals surface area contributed by atoms with Crippen LogP contribution in [-0.4, -0.2) is 15.7 Å². The van der Waals surface area contributed by atoms with Crippen LogP contribution in [0.2, 0.25) is 0 Å². The summed E-state index contributed by atoms with van der Waals surface area (Å²) in [7, 11) is 0. The molecule has 4 aromatic rings. The highest BCUT2D eigenvalue weighted by atomic mass is 16.5. The van der Waals surface area contributed by atoms with Crippen molar-refractivity contribution < 1.29 is 9.84 Å². The Bertz CT molecular complexity index is 1340. The van der Waals surface area contributed by atoms with Crippen molar-refractivity contribution >= 4 is 0 Å². The molecule has 1 fully saturated rings. The number of pyridine rings is 1. The predicted molar refractivity (Wildman–Crippen MR) is 152 cm³/mol. The molecule has 3 nitrogen and oxygen atoms in total. The number of ether oxygens (including phenoxy) is 1. The van der Waals surface area contributed by atoms with Crippen molar-refractivity contribution in [1.29, 1.82) is 0 Å². The summed E-state index contributed by atoms with van der Waals surface area (Å²) >= 11 is 0. The number of aliphatic hydroxyl groups is 1. The van der Waals surface area contributed by atoms with E-state index in [1.54, 1.807) is 6.20 Å². The summed E-state index contributed by atoms with van der Waals surface area (Å²) in [5, 5.41) is 11.8. The van der Waals surface area contributed by atoms with E-state index in [-0.39, 0.29) is 5.41 Å². The molecule has 0 spiro atoms. The van der Waals surface area contributed by atoms with Gasteiger partial charge in [-0.2, -0.15) is 0 Å². The molecule has 0 radical (unpaired) electrons. The van der Waals surface area contributed by atoms with Gasteiger partial charge in [-0.05, 0) is 97.7 Å². The highest BCUT2D eigenvalue weighted by Gasteiger charge is 2.51. The minimum absolute atomic E-state index is 0.0514. The molecular formula is C35H37NO2. The van der Waals surface area contributed by atoms with Gasteiger partial charge in [-0.15, -0.1) is 0 Å². The normalized spacial score (nSPS) is 24.3. The Balaban J connectivity index is 1.26. The molecule has 3 aromatic carbocycles. The quantitative estimate of drug-likeness (QED) is 0.275. The van der Waals surface area contributed by atoms with Crippen LogP contribution < -0.4 is 4.74 Å². The molecule has 0 amide bonds. The first-order chi connectivity index (χ1) is 18.6. The first kappa shape index (κ1) is 24.9. The van der Waals surface area contributed by atoms with Crippen LogP contribution in [0, 0.1) is 5.92 Å². The minimum atomic E-state index is -0.592. The van der Waals surface area contributed by atoms with Gasteiger partial charge in [0.1, 0.15) is 12.4 Å². The lowest BCUT2D eigenvalue weighted by molar-refractivity contribution is -0.0559. The molecule has 0 aliphatic heterocycles. The van der Waals surface area contributed by atoms with Gasteiger partial charge in [-0.1, -0.05) is 72.8 Å². The van der Waals surface area contributed by atoms with Gasteiger partial charge in [-0.3, -0.25) is 4.98 Å². The highest BCUT2D eigenvalue weighted by molar-refractivity contribution is 5.45. The molecule has 0 unspecified atom stereocenters. The Morgan fingerprint density at radius 2 is 1.61 bits per heavy atom. The third-order valence-electron chi connectivity index (χ3n) is 9.03. The molecule has 1 heterocycles. The number of fused-ring (bicyclic) bond motifs is 3. The van der Waals surface area contributed by atoms with Gasteiger partial charge in [0.25, 0.3) is 0 Å². The first-order valence-corrected chi connectivity index (χ1v) is 14.1. The number of hydrogen-bond donors (Lipinski definition) is 1. The van der Waals surface area contributed by atoms with E-state index in [1.807, 2.05) is 18.3 Å². The number of aryl methyl sites for hydroxylation is 2. The van der Waals surface area contributed by atoms with Crippen molar-refractivity contribution in [1.82, 2.24) is 4.98 Å². The summed E-state index contributed by atoms with van der Waals surface area (Å²) in [6.45, 7) is 0.527. The van der Waals surface area contributed by atoms with Crippen LogP contribution in [0.3, 0.4) is 0 Å². The molecule has 1 saturated carbocycles. The van der Waals surface area contributed by atoms with Gasteiger partial charge in [0.2, 0.25) is 0 Å². The lowest BCUT2D eigenvalue weighted by Crippen LogP contribution is -2.51. The van der Waals surface area contributed by atoms with E-state index in [4.69, 9.17) is 4.74 Å². The maximum Gasteiger partial charge on any atom is 0.120 e. The van der Waals surface area contributed by atoms with E-state index in [1.165, 1.54) is 22.3 Å². The smallest absolute Gasteiger partial charge is 0.120 e. The van der Waals surface area contributed by atoms with Gasteiger partial charge in [0, 0.05) is 23.4 Å². The second-order valence-electron chi connectivity index (χ2n) is 11.4. The van der Waals surface area contributed by atoms with Crippen molar-refractivity contribution in [2.45, 2.75) is 69.0 Å². The summed E-state index contributed by atoms with van der Waals surface area (Å²) in [5.41, 5.74) is 6.12. The molecule has 1 N–H and O–H groups in total. The minimum Gasteiger partial charge on any atom is -0.489 e. The Kier molecular flexibility index (Phi) is 7.04.